The van der Waals surface area contributed by atoms with E-state index in [4.69, 9.17) is 33.4 Å². The number of hydrogen-bond donors (Lipinski definition) is 2. The third-order valence-corrected chi connectivity index (χ3v) is 5.11. The number of rotatable bonds is 5. The van der Waals surface area contributed by atoms with E-state index < -0.39 is 0 Å². The first kappa shape index (κ1) is 21.4. The van der Waals surface area contributed by atoms with Crippen molar-refractivity contribution in [3.63, 3.8) is 0 Å². The third-order valence-electron chi connectivity index (χ3n) is 3.16. The number of nitrogens with zero attached hydrogens (tertiary/aromatic N) is 1. The van der Waals surface area contributed by atoms with Gasteiger partial charge in [-0.15, -0.1) is 36.2 Å². The molecule has 0 aromatic carbocycles. The number of fused-ring (bicyclic) bond motifs is 1. The Morgan fingerprint density at radius 1 is 1.38 bits per heavy atom. The number of pyridine rings is 1. The molecule has 3 heterocycles. The molecule has 0 aliphatic carbocycles. The maximum absolute atomic E-state index is 6.43. The summed E-state index contributed by atoms with van der Waals surface area (Å²) in [5, 5.41) is 4.37. The average molecular weight is 429 g/mol. The summed E-state index contributed by atoms with van der Waals surface area (Å²) in [5.41, 5.74) is 7.50. The lowest BCUT2D eigenvalue weighted by molar-refractivity contribution is 0.518. The van der Waals surface area contributed by atoms with Crippen molar-refractivity contribution in [2.45, 2.75) is 25.9 Å². The van der Waals surface area contributed by atoms with Gasteiger partial charge in [0.1, 0.15) is 16.4 Å². The molecule has 3 N–H and O–H groups in total. The lowest BCUT2D eigenvalue weighted by Gasteiger charge is -2.06. The van der Waals surface area contributed by atoms with Gasteiger partial charge in [-0.05, 0) is 25.5 Å². The lowest BCUT2D eigenvalue weighted by Crippen LogP contribution is -2.17. The third kappa shape index (κ3) is 4.69. The van der Waals surface area contributed by atoms with Crippen LogP contribution in [0, 0.1) is 0 Å². The number of thiophene rings is 1. The number of anilines is 1. The van der Waals surface area contributed by atoms with Crippen molar-refractivity contribution in [2.24, 2.45) is 5.73 Å². The summed E-state index contributed by atoms with van der Waals surface area (Å²) in [4.78, 5) is 5.38. The first-order valence-corrected chi connectivity index (χ1v) is 8.41. The van der Waals surface area contributed by atoms with E-state index in [2.05, 4.69) is 10.3 Å². The Hall–Kier alpha value is -0.690. The van der Waals surface area contributed by atoms with Crippen molar-refractivity contribution >= 4 is 75.3 Å². The highest BCUT2D eigenvalue weighted by molar-refractivity contribution is 7.20. The molecule has 9 heteroatoms. The molecule has 0 saturated heterocycles. The minimum absolute atomic E-state index is 0. The average Bonchev–Trinajstić information content (AvgIpc) is 3.07. The Kier molecular flexibility index (Phi) is 8.12. The molecule has 0 aliphatic heterocycles. The maximum Gasteiger partial charge on any atom is 0.131 e. The molecule has 3 aromatic heterocycles. The second-order valence-corrected chi connectivity index (χ2v) is 6.99. The van der Waals surface area contributed by atoms with E-state index in [1.54, 1.807) is 23.7 Å². The minimum Gasteiger partial charge on any atom is -0.467 e. The lowest BCUT2D eigenvalue weighted by atomic mass is 10.2. The molecule has 3 aromatic rings. The van der Waals surface area contributed by atoms with Gasteiger partial charge >= 0.3 is 0 Å². The van der Waals surface area contributed by atoms with Gasteiger partial charge in [0, 0.05) is 17.0 Å². The molecule has 0 radical (unpaired) electrons. The fraction of sp³-hybridized carbons (Fsp3) is 0.267. The van der Waals surface area contributed by atoms with Gasteiger partial charge in [0.05, 0.1) is 28.2 Å². The van der Waals surface area contributed by atoms with Crippen LogP contribution < -0.4 is 11.1 Å². The molecule has 0 spiro atoms. The Morgan fingerprint density at radius 2 is 2.12 bits per heavy atom. The Morgan fingerprint density at radius 3 is 2.75 bits per heavy atom. The minimum atomic E-state index is 0. The molecule has 132 valence electrons. The molecular formula is C15H17Cl4N3OS. The Bertz CT molecular complexity index is 790. The highest BCUT2D eigenvalue weighted by atomic mass is 35.5. The molecule has 1 atom stereocenters. The van der Waals surface area contributed by atoms with Crippen molar-refractivity contribution in [2.75, 3.05) is 5.32 Å². The van der Waals surface area contributed by atoms with Crippen molar-refractivity contribution in [3.8, 4) is 0 Å². The second-order valence-electron chi connectivity index (χ2n) is 5.12. The number of nitrogens with two attached hydrogens (primary N) is 1. The summed E-state index contributed by atoms with van der Waals surface area (Å²) >= 11 is 14.1. The number of aromatic nitrogens is 1. The predicted octanol–water partition coefficient (Wildman–Crippen LogP) is 5.54. The van der Waals surface area contributed by atoms with Crippen LogP contribution in [0.25, 0.3) is 10.2 Å². The largest absolute Gasteiger partial charge is 0.467 e. The van der Waals surface area contributed by atoms with Crippen molar-refractivity contribution < 1.29 is 4.42 Å². The quantitative estimate of drug-likeness (QED) is 0.523. The van der Waals surface area contributed by atoms with Gasteiger partial charge in [-0.3, -0.25) is 0 Å². The molecule has 4 nitrogen and oxygen atoms in total. The van der Waals surface area contributed by atoms with Gasteiger partial charge < -0.3 is 15.5 Å². The highest BCUT2D eigenvalue weighted by Crippen LogP contribution is 2.40. The standard InChI is InChI=1S/C15H15Cl2N3OS.2ClH/c1-8(18)5-11-13(17)14-15(22-11)10(6-12(16)20-14)19-7-9-3-2-4-21-9;;/h2-4,6,8H,5,7,18H2,1H3,(H,19,20);2*1H/t8-;;/m0../s1. The van der Waals surface area contributed by atoms with Gasteiger partial charge in [-0.25, -0.2) is 4.98 Å². The molecule has 0 aliphatic rings. The first-order valence-electron chi connectivity index (χ1n) is 6.84. The number of nitrogens with one attached hydrogen (secondary N) is 1. The van der Waals surface area contributed by atoms with Crippen LogP contribution in [0.15, 0.2) is 28.9 Å². The zero-order valence-electron chi connectivity index (χ0n) is 12.7. The van der Waals surface area contributed by atoms with Crippen molar-refractivity contribution in [1.29, 1.82) is 0 Å². The second kappa shape index (κ2) is 9.13. The van der Waals surface area contributed by atoms with Crippen LogP contribution >= 0.6 is 59.4 Å². The Balaban J connectivity index is 0.00000144. The number of hydrogen-bond acceptors (Lipinski definition) is 5. The maximum atomic E-state index is 6.43. The summed E-state index contributed by atoms with van der Waals surface area (Å²) < 4.78 is 6.31. The highest BCUT2D eigenvalue weighted by Gasteiger charge is 2.17. The zero-order valence-corrected chi connectivity index (χ0v) is 16.7. The van der Waals surface area contributed by atoms with Crippen LogP contribution in [-0.4, -0.2) is 11.0 Å². The first-order chi connectivity index (χ1) is 10.5. The zero-order chi connectivity index (χ0) is 15.7. The van der Waals surface area contributed by atoms with Crippen LogP contribution in [0.1, 0.15) is 17.6 Å². The fourth-order valence-electron chi connectivity index (χ4n) is 2.20. The van der Waals surface area contributed by atoms with Crippen LogP contribution in [0.5, 0.6) is 0 Å². The molecule has 0 amide bonds. The molecule has 24 heavy (non-hydrogen) atoms. The normalized spacial score (nSPS) is 11.7. The summed E-state index contributed by atoms with van der Waals surface area (Å²) in [6, 6.07) is 5.61. The van der Waals surface area contributed by atoms with Gasteiger partial charge in [-0.2, -0.15) is 0 Å². The molecule has 0 unspecified atom stereocenters. The molecule has 0 saturated carbocycles. The van der Waals surface area contributed by atoms with E-state index in [9.17, 15) is 0 Å². The molecule has 0 fully saturated rings. The van der Waals surface area contributed by atoms with Gasteiger partial charge in [0.25, 0.3) is 0 Å². The Labute approximate surface area is 166 Å². The van der Waals surface area contributed by atoms with E-state index in [0.717, 1.165) is 33.0 Å². The van der Waals surface area contributed by atoms with E-state index in [1.165, 1.54) is 0 Å². The van der Waals surface area contributed by atoms with Gasteiger partial charge in [0.2, 0.25) is 0 Å². The van der Waals surface area contributed by atoms with Crippen molar-refractivity contribution in [3.05, 3.63) is 45.3 Å². The number of halogens is 4. The smallest absolute Gasteiger partial charge is 0.131 e. The van der Waals surface area contributed by atoms with Gasteiger partial charge in [-0.1, -0.05) is 23.2 Å². The summed E-state index contributed by atoms with van der Waals surface area (Å²) in [6.45, 7) is 2.53. The molecule has 0 bridgehead atoms. The molecular weight excluding hydrogens is 412 g/mol. The van der Waals surface area contributed by atoms with E-state index >= 15 is 0 Å². The van der Waals surface area contributed by atoms with Gasteiger partial charge in [0.15, 0.2) is 0 Å². The van der Waals surface area contributed by atoms with Crippen molar-refractivity contribution in [1.82, 2.24) is 4.98 Å². The summed E-state index contributed by atoms with van der Waals surface area (Å²) in [7, 11) is 0. The fourth-order valence-corrected chi connectivity index (χ4v) is 4.05. The SMILES string of the molecule is C[C@H](N)Cc1sc2c(NCc3ccco3)cc(Cl)nc2c1Cl.Cl.Cl. The monoisotopic (exact) mass is 427 g/mol. The van der Waals surface area contributed by atoms with E-state index in [0.29, 0.717) is 16.7 Å². The molecule has 3 rings (SSSR count). The van der Waals surface area contributed by atoms with Crippen LogP contribution in [0.3, 0.4) is 0 Å². The summed E-state index contributed by atoms with van der Waals surface area (Å²) in [6.07, 6.45) is 2.37. The van der Waals surface area contributed by atoms with E-state index in [1.807, 2.05) is 19.1 Å². The van der Waals surface area contributed by atoms with Crippen LogP contribution in [0.2, 0.25) is 10.2 Å². The number of furan rings is 1. The predicted molar refractivity (Wildman–Crippen MR) is 108 cm³/mol. The van der Waals surface area contributed by atoms with Crippen LogP contribution in [0.4, 0.5) is 5.69 Å². The topological polar surface area (TPSA) is 64.1 Å². The van der Waals surface area contributed by atoms with E-state index in [-0.39, 0.29) is 30.9 Å². The van der Waals surface area contributed by atoms with Crippen LogP contribution in [-0.2, 0) is 13.0 Å². The summed E-state index contributed by atoms with van der Waals surface area (Å²) in [5.74, 6) is 0.847.